The van der Waals surface area contributed by atoms with Crippen LogP contribution in [0.4, 0.5) is 0 Å². The lowest BCUT2D eigenvalue weighted by molar-refractivity contribution is 0.426. The lowest BCUT2D eigenvalue weighted by atomic mass is 10.0. The molecule has 2 rings (SSSR count). The summed E-state index contributed by atoms with van der Waals surface area (Å²) in [5.74, 6) is 5.88. The molecule has 0 amide bonds. The number of sulfone groups is 1. The van der Waals surface area contributed by atoms with Gasteiger partial charge in [-0.3, -0.25) is 16.0 Å². The Balaban J connectivity index is 2.41. The zero-order chi connectivity index (χ0) is 14.0. The van der Waals surface area contributed by atoms with Crippen LogP contribution < -0.4 is 11.3 Å². The van der Waals surface area contributed by atoms with Crippen LogP contribution in [-0.2, 0) is 16.4 Å². The molecule has 0 aromatic carbocycles. The third-order valence-electron chi connectivity index (χ3n) is 3.61. The first-order valence-corrected chi connectivity index (χ1v) is 8.91. The van der Waals surface area contributed by atoms with Gasteiger partial charge in [0.25, 0.3) is 0 Å². The van der Waals surface area contributed by atoms with Crippen molar-refractivity contribution in [3.05, 3.63) is 16.4 Å². The second-order valence-corrected chi connectivity index (χ2v) is 7.93. The van der Waals surface area contributed by atoms with Crippen molar-refractivity contribution in [2.45, 2.75) is 44.0 Å². The van der Waals surface area contributed by atoms with Gasteiger partial charge in [-0.1, -0.05) is 6.42 Å². The summed E-state index contributed by atoms with van der Waals surface area (Å²) in [6, 6.07) is -0.429. The van der Waals surface area contributed by atoms with Crippen molar-refractivity contribution < 1.29 is 8.42 Å². The van der Waals surface area contributed by atoms with Crippen LogP contribution in [-0.4, -0.2) is 29.2 Å². The smallest absolute Gasteiger partial charge is 0.155 e. The Bertz CT molecular complexity index is 543. The fourth-order valence-corrected chi connectivity index (χ4v) is 5.25. The fraction of sp³-hybridized carbons (Fsp3) is 0.727. The molecule has 0 bridgehead atoms. The zero-order valence-corrected chi connectivity index (χ0v) is 13.2. The van der Waals surface area contributed by atoms with Gasteiger partial charge in [-0.2, -0.15) is 5.10 Å². The monoisotopic (exact) mass is 350 g/mol. The average molecular weight is 351 g/mol. The van der Waals surface area contributed by atoms with Crippen molar-refractivity contribution in [3.63, 3.8) is 0 Å². The molecule has 1 fully saturated rings. The molecule has 1 aromatic heterocycles. The quantitative estimate of drug-likeness (QED) is 0.627. The Morgan fingerprint density at radius 2 is 2.37 bits per heavy atom. The average Bonchev–Trinajstić information content (AvgIpc) is 2.74. The van der Waals surface area contributed by atoms with E-state index in [1.807, 2.05) is 6.92 Å². The number of aryl methyl sites for hydroxylation is 1. The topological polar surface area (TPSA) is 90.0 Å². The van der Waals surface area contributed by atoms with E-state index >= 15 is 0 Å². The maximum absolute atomic E-state index is 12.2. The van der Waals surface area contributed by atoms with Crippen LogP contribution in [0.3, 0.4) is 0 Å². The van der Waals surface area contributed by atoms with E-state index in [-0.39, 0.29) is 5.75 Å². The van der Waals surface area contributed by atoms with Crippen LogP contribution in [0.25, 0.3) is 0 Å². The molecule has 2 heterocycles. The van der Waals surface area contributed by atoms with Gasteiger partial charge in [-0.25, -0.2) is 8.42 Å². The molecule has 8 heteroatoms. The van der Waals surface area contributed by atoms with Gasteiger partial charge in [-0.05, 0) is 35.7 Å². The molecule has 2 atom stereocenters. The maximum atomic E-state index is 12.2. The van der Waals surface area contributed by atoms with Gasteiger partial charge in [0.2, 0.25) is 0 Å². The van der Waals surface area contributed by atoms with E-state index in [1.165, 1.54) is 0 Å². The molecule has 3 N–H and O–H groups in total. The van der Waals surface area contributed by atoms with Gasteiger partial charge in [0, 0.05) is 6.54 Å². The van der Waals surface area contributed by atoms with E-state index in [0.717, 1.165) is 23.0 Å². The summed E-state index contributed by atoms with van der Waals surface area (Å²) in [6.45, 7) is 2.64. The van der Waals surface area contributed by atoms with Crippen molar-refractivity contribution in [1.29, 1.82) is 0 Å². The summed E-state index contributed by atoms with van der Waals surface area (Å²) in [5, 5.41) is 3.74. The van der Waals surface area contributed by atoms with Gasteiger partial charge in [0.05, 0.1) is 33.4 Å². The normalized spacial score (nSPS) is 24.3. The minimum Gasteiger partial charge on any atom is -0.271 e. The predicted molar refractivity (Wildman–Crippen MR) is 77.1 cm³/mol. The first kappa shape index (κ1) is 15.0. The Hall–Kier alpha value is -0.440. The molecule has 2 unspecified atom stereocenters. The highest BCUT2D eigenvalue weighted by Crippen LogP contribution is 2.33. The van der Waals surface area contributed by atoms with Gasteiger partial charge in [-0.15, -0.1) is 0 Å². The van der Waals surface area contributed by atoms with Crippen LogP contribution >= 0.6 is 15.9 Å². The Labute approximate surface area is 121 Å². The largest absolute Gasteiger partial charge is 0.271 e. The summed E-state index contributed by atoms with van der Waals surface area (Å²) in [4.78, 5) is 0. The number of aromatic nitrogens is 2. The molecular weight excluding hydrogens is 332 g/mol. The molecule has 0 spiro atoms. The standard InChI is InChI=1S/C11H19BrN4O2S/c1-2-16-11(8(12)7-14-16)10(15-13)9-5-3-4-6-19(9,17)18/h7,9-10,15H,2-6,13H2,1H3. The lowest BCUT2D eigenvalue weighted by Crippen LogP contribution is -2.44. The molecule has 1 aromatic rings. The van der Waals surface area contributed by atoms with Gasteiger partial charge < -0.3 is 0 Å². The van der Waals surface area contributed by atoms with Gasteiger partial charge >= 0.3 is 0 Å². The number of nitrogens with one attached hydrogen (secondary N) is 1. The first-order valence-electron chi connectivity index (χ1n) is 6.40. The van der Waals surface area contributed by atoms with E-state index in [9.17, 15) is 8.42 Å². The van der Waals surface area contributed by atoms with Crippen molar-refractivity contribution in [2.24, 2.45) is 5.84 Å². The number of hydrogen-bond acceptors (Lipinski definition) is 5. The van der Waals surface area contributed by atoms with Crippen LogP contribution in [0.15, 0.2) is 10.7 Å². The molecule has 1 aliphatic heterocycles. The number of nitrogens with two attached hydrogens (primary N) is 1. The van der Waals surface area contributed by atoms with E-state index < -0.39 is 21.1 Å². The summed E-state index contributed by atoms with van der Waals surface area (Å²) < 4.78 is 27.1. The highest BCUT2D eigenvalue weighted by atomic mass is 79.9. The number of rotatable bonds is 4. The molecule has 1 aliphatic rings. The summed E-state index contributed by atoms with van der Waals surface area (Å²) in [6.07, 6.45) is 3.97. The Morgan fingerprint density at radius 1 is 1.63 bits per heavy atom. The highest BCUT2D eigenvalue weighted by molar-refractivity contribution is 9.10. The minimum absolute atomic E-state index is 0.244. The summed E-state index contributed by atoms with van der Waals surface area (Å²) in [7, 11) is -3.11. The lowest BCUT2D eigenvalue weighted by Gasteiger charge is -2.30. The molecule has 1 saturated heterocycles. The molecule has 19 heavy (non-hydrogen) atoms. The Kier molecular flexibility index (Phi) is 4.65. The predicted octanol–water partition coefficient (Wildman–Crippen LogP) is 1.14. The molecule has 0 aliphatic carbocycles. The molecule has 0 radical (unpaired) electrons. The van der Waals surface area contributed by atoms with Crippen molar-refractivity contribution in [3.8, 4) is 0 Å². The van der Waals surface area contributed by atoms with Crippen molar-refractivity contribution in [2.75, 3.05) is 5.75 Å². The minimum atomic E-state index is -3.11. The SMILES string of the molecule is CCn1ncc(Br)c1C(NN)C1CCCCS1(=O)=O. The number of hydrazine groups is 1. The van der Waals surface area contributed by atoms with Crippen LogP contribution in [0.2, 0.25) is 0 Å². The zero-order valence-electron chi connectivity index (χ0n) is 10.8. The van der Waals surface area contributed by atoms with Crippen LogP contribution in [0.1, 0.15) is 37.9 Å². The molecule has 0 saturated carbocycles. The van der Waals surface area contributed by atoms with E-state index in [1.54, 1.807) is 10.9 Å². The van der Waals surface area contributed by atoms with Gasteiger partial charge in [0.15, 0.2) is 9.84 Å². The molecular formula is C11H19BrN4O2S. The van der Waals surface area contributed by atoms with E-state index in [4.69, 9.17) is 5.84 Å². The van der Waals surface area contributed by atoms with Crippen LogP contribution in [0, 0.1) is 0 Å². The number of halogens is 1. The highest BCUT2D eigenvalue weighted by Gasteiger charge is 2.38. The van der Waals surface area contributed by atoms with E-state index in [2.05, 4.69) is 26.5 Å². The maximum Gasteiger partial charge on any atom is 0.155 e. The third kappa shape index (κ3) is 2.86. The number of hydrogen-bond donors (Lipinski definition) is 2. The van der Waals surface area contributed by atoms with Crippen LogP contribution in [0.5, 0.6) is 0 Å². The fourth-order valence-electron chi connectivity index (χ4n) is 2.65. The first-order chi connectivity index (χ1) is 9.01. The number of nitrogens with zero attached hydrogens (tertiary/aromatic N) is 2. The Morgan fingerprint density at radius 3 is 2.95 bits per heavy atom. The molecule has 108 valence electrons. The van der Waals surface area contributed by atoms with Crippen molar-refractivity contribution in [1.82, 2.24) is 15.2 Å². The van der Waals surface area contributed by atoms with Gasteiger partial charge in [0.1, 0.15) is 0 Å². The summed E-state index contributed by atoms with van der Waals surface area (Å²) in [5.41, 5.74) is 3.48. The summed E-state index contributed by atoms with van der Waals surface area (Å²) >= 11 is 3.43. The third-order valence-corrected chi connectivity index (χ3v) is 6.51. The van der Waals surface area contributed by atoms with Crippen molar-refractivity contribution >= 4 is 25.8 Å². The second-order valence-electron chi connectivity index (χ2n) is 4.74. The second kappa shape index (κ2) is 5.90. The van der Waals surface area contributed by atoms with E-state index in [0.29, 0.717) is 13.0 Å². The molecule has 6 nitrogen and oxygen atoms in total.